The second-order valence-corrected chi connectivity index (χ2v) is 5.01. The largest absolute Gasteiger partial charge is 0.388 e. The number of anilines is 1. The number of aliphatic hydroxyl groups is 1. The first kappa shape index (κ1) is 13.7. The maximum Gasteiger partial charge on any atom is 0.305 e. The van der Waals surface area contributed by atoms with Crippen LogP contribution < -0.4 is 5.32 Å². The lowest BCUT2D eigenvalue weighted by molar-refractivity contribution is -0.385. The van der Waals surface area contributed by atoms with E-state index in [9.17, 15) is 15.2 Å². The standard InChI is InChI=1S/C12H18N4O3/c17-12(5-3-1-2-4-6-12)9-15-11-13-7-10(8-14-11)16(18)19/h7-8,17H,1-6,9H2,(H,13,14,15). The SMILES string of the molecule is O=[N+]([O-])c1cnc(NCC2(O)CCCCCC2)nc1. The molecular formula is C12H18N4O3. The van der Waals surface area contributed by atoms with E-state index < -0.39 is 10.5 Å². The summed E-state index contributed by atoms with van der Waals surface area (Å²) in [5.41, 5.74) is -0.861. The Balaban J connectivity index is 1.92. The number of nitro groups is 1. The molecule has 0 aromatic carbocycles. The molecule has 0 radical (unpaired) electrons. The average molecular weight is 266 g/mol. The molecule has 19 heavy (non-hydrogen) atoms. The normalized spacial score (nSPS) is 18.6. The van der Waals surface area contributed by atoms with Crippen molar-refractivity contribution in [1.29, 1.82) is 0 Å². The van der Waals surface area contributed by atoms with Gasteiger partial charge in [-0.1, -0.05) is 25.7 Å². The quantitative estimate of drug-likeness (QED) is 0.490. The Morgan fingerprint density at radius 3 is 2.37 bits per heavy atom. The average Bonchev–Trinajstić information content (AvgIpc) is 2.62. The number of nitrogens with zero attached hydrogens (tertiary/aromatic N) is 3. The molecule has 0 unspecified atom stereocenters. The highest BCUT2D eigenvalue weighted by atomic mass is 16.6. The molecule has 1 aliphatic rings. The topological polar surface area (TPSA) is 101 Å². The molecule has 0 amide bonds. The molecular weight excluding hydrogens is 248 g/mol. The van der Waals surface area contributed by atoms with Crippen LogP contribution in [0.5, 0.6) is 0 Å². The smallest absolute Gasteiger partial charge is 0.305 e. The summed E-state index contributed by atoms with van der Waals surface area (Å²) in [5, 5.41) is 23.9. The zero-order chi connectivity index (χ0) is 13.7. The third-order valence-electron chi connectivity index (χ3n) is 3.46. The highest BCUT2D eigenvalue weighted by molar-refractivity contribution is 5.31. The molecule has 1 heterocycles. The van der Waals surface area contributed by atoms with Gasteiger partial charge in [-0.3, -0.25) is 10.1 Å². The Hall–Kier alpha value is -1.76. The van der Waals surface area contributed by atoms with Crippen LogP contribution in [0.15, 0.2) is 12.4 Å². The van der Waals surface area contributed by atoms with E-state index in [1.807, 2.05) is 0 Å². The van der Waals surface area contributed by atoms with Crippen LogP contribution in [0.2, 0.25) is 0 Å². The fraction of sp³-hybridized carbons (Fsp3) is 0.667. The summed E-state index contributed by atoms with van der Waals surface area (Å²) in [6, 6.07) is 0. The van der Waals surface area contributed by atoms with Gasteiger partial charge in [0.2, 0.25) is 5.95 Å². The maximum atomic E-state index is 10.5. The van der Waals surface area contributed by atoms with E-state index >= 15 is 0 Å². The summed E-state index contributed by atoms with van der Waals surface area (Å²) < 4.78 is 0. The monoisotopic (exact) mass is 266 g/mol. The Morgan fingerprint density at radius 2 is 1.84 bits per heavy atom. The van der Waals surface area contributed by atoms with Gasteiger partial charge in [0.05, 0.1) is 10.5 Å². The first-order valence-electron chi connectivity index (χ1n) is 6.52. The van der Waals surface area contributed by atoms with Gasteiger partial charge in [0.1, 0.15) is 12.4 Å². The van der Waals surface area contributed by atoms with Gasteiger partial charge in [0, 0.05) is 6.54 Å². The Labute approximate surface area is 111 Å². The van der Waals surface area contributed by atoms with Crippen LogP contribution in [0.4, 0.5) is 11.6 Å². The Bertz CT molecular complexity index is 427. The van der Waals surface area contributed by atoms with Crippen LogP contribution in [0.3, 0.4) is 0 Å². The van der Waals surface area contributed by atoms with Crippen molar-refractivity contribution in [3.8, 4) is 0 Å². The molecule has 0 saturated heterocycles. The second-order valence-electron chi connectivity index (χ2n) is 5.01. The van der Waals surface area contributed by atoms with Crippen LogP contribution in [-0.4, -0.2) is 32.1 Å². The molecule has 0 atom stereocenters. The molecule has 2 N–H and O–H groups in total. The predicted molar refractivity (Wildman–Crippen MR) is 69.8 cm³/mol. The third kappa shape index (κ3) is 3.85. The molecule has 7 heteroatoms. The highest BCUT2D eigenvalue weighted by Crippen LogP contribution is 2.27. The lowest BCUT2D eigenvalue weighted by Crippen LogP contribution is -2.36. The third-order valence-corrected chi connectivity index (χ3v) is 3.46. The number of aromatic nitrogens is 2. The molecule has 1 aromatic heterocycles. The van der Waals surface area contributed by atoms with Gasteiger partial charge >= 0.3 is 5.69 Å². The molecule has 0 aliphatic heterocycles. The van der Waals surface area contributed by atoms with Crippen LogP contribution in [0.1, 0.15) is 38.5 Å². The lowest BCUT2D eigenvalue weighted by Gasteiger charge is -2.26. The van der Waals surface area contributed by atoms with E-state index in [1.54, 1.807) is 0 Å². The van der Waals surface area contributed by atoms with Crippen molar-refractivity contribution >= 4 is 11.6 Å². The van der Waals surface area contributed by atoms with Crippen molar-refractivity contribution in [1.82, 2.24) is 9.97 Å². The van der Waals surface area contributed by atoms with Crippen molar-refractivity contribution in [2.75, 3.05) is 11.9 Å². The van der Waals surface area contributed by atoms with Gasteiger partial charge in [-0.25, -0.2) is 9.97 Å². The zero-order valence-electron chi connectivity index (χ0n) is 10.7. The zero-order valence-corrected chi connectivity index (χ0v) is 10.7. The summed E-state index contributed by atoms with van der Waals surface area (Å²) in [7, 11) is 0. The lowest BCUT2D eigenvalue weighted by atomic mass is 9.95. The Morgan fingerprint density at radius 1 is 1.26 bits per heavy atom. The van der Waals surface area contributed by atoms with E-state index in [0.717, 1.165) is 50.9 Å². The van der Waals surface area contributed by atoms with Gasteiger partial charge in [-0.05, 0) is 12.8 Å². The predicted octanol–water partition coefficient (Wildman–Crippen LogP) is 1.88. The summed E-state index contributed by atoms with van der Waals surface area (Å²) in [5.74, 6) is 0.309. The van der Waals surface area contributed by atoms with Crippen LogP contribution in [0.25, 0.3) is 0 Å². The van der Waals surface area contributed by atoms with E-state index in [2.05, 4.69) is 15.3 Å². The fourth-order valence-corrected chi connectivity index (χ4v) is 2.31. The van der Waals surface area contributed by atoms with E-state index in [4.69, 9.17) is 0 Å². The van der Waals surface area contributed by atoms with Gasteiger partial charge in [-0.2, -0.15) is 0 Å². The minimum Gasteiger partial charge on any atom is -0.388 e. The number of rotatable bonds is 4. The molecule has 1 saturated carbocycles. The van der Waals surface area contributed by atoms with Crippen LogP contribution >= 0.6 is 0 Å². The summed E-state index contributed by atoms with van der Waals surface area (Å²) in [4.78, 5) is 17.7. The van der Waals surface area contributed by atoms with Crippen molar-refractivity contribution in [3.05, 3.63) is 22.5 Å². The summed E-state index contributed by atoms with van der Waals surface area (Å²) in [6.45, 7) is 0.380. The van der Waals surface area contributed by atoms with Crippen molar-refractivity contribution in [3.63, 3.8) is 0 Å². The van der Waals surface area contributed by atoms with E-state index in [1.165, 1.54) is 0 Å². The van der Waals surface area contributed by atoms with Crippen LogP contribution in [0, 0.1) is 10.1 Å². The first-order chi connectivity index (χ1) is 9.09. The van der Waals surface area contributed by atoms with Gasteiger partial charge in [0.15, 0.2) is 0 Å². The van der Waals surface area contributed by atoms with Crippen LogP contribution in [-0.2, 0) is 0 Å². The Kier molecular flexibility index (Phi) is 4.26. The molecule has 0 spiro atoms. The fourth-order valence-electron chi connectivity index (χ4n) is 2.31. The highest BCUT2D eigenvalue weighted by Gasteiger charge is 2.27. The molecule has 7 nitrogen and oxygen atoms in total. The van der Waals surface area contributed by atoms with E-state index in [-0.39, 0.29) is 5.69 Å². The van der Waals surface area contributed by atoms with E-state index in [0.29, 0.717) is 12.5 Å². The van der Waals surface area contributed by atoms with Gasteiger partial charge in [0.25, 0.3) is 0 Å². The molecule has 104 valence electrons. The minimum atomic E-state index is -0.721. The molecule has 2 rings (SSSR count). The minimum absolute atomic E-state index is 0.140. The summed E-state index contributed by atoms with van der Waals surface area (Å²) >= 11 is 0. The number of hydrogen-bond donors (Lipinski definition) is 2. The molecule has 1 aromatic rings. The van der Waals surface area contributed by atoms with Crippen molar-refractivity contribution < 1.29 is 10.0 Å². The number of nitrogens with one attached hydrogen (secondary N) is 1. The maximum absolute atomic E-state index is 10.5. The van der Waals surface area contributed by atoms with Gasteiger partial charge < -0.3 is 10.4 Å². The molecule has 1 aliphatic carbocycles. The molecule has 0 bridgehead atoms. The number of hydrogen-bond acceptors (Lipinski definition) is 6. The second kappa shape index (κ2) is 5.92. The molecule has 1 fully saturated rings. The van der Waals surface area contributed by atoms with Crippen molar-refractivity contribution in [2.45, 2.75) is 44.1 Å². The summed E-state index contributed by atoms with van der Waals surface area (Å²) in [6.07, 6.45) is 8.24. The van der Waals surface area contributed by atoms with Gasteiger partial charge in [-0.15, -0.1) is 0 Å². The first-order valence-corrected chi connectivity index (χ1v) is 6.52. The van der Waals surface area contributed by atoms with Crippen molar-refractivity contribution in [2.24, 2.45) is 0 Å².